The quantitative estimate of drug-likeness (QED) is 0.581. The Hall–Kier alpha value is -2.54. The van der Waals surface area contributed by atoms with Crippen LogP contribution in [-0.2, 0) is 21.2 Å². The van der Waals surface area contributed by atoms with E-state index in [0.717, 1.165) is 29.7 Å². The number of benzene rings is 2. The maximum Gasteiger partial charge on any atom is 0.232 e. The highest BCUT2D eigenvalue weighted by Crippen LogP contribution is 2.21. The first kappa shape index (κ1) is 23.7. The SMILES string of the molecule is CCc1ccc(N(CCCC(=O)N[C@@H](CC)c2ccc(OC)cc2)S(C)(=O)=O)cc1. The summed E-state index contributed by atoms with van der Waals surface area (Å²) in [5.74, 6) is 0.681. The number of aryl methyl sites for hydroxylation is 1. The first-order valence-electron chi connectivity index (χ1n) is 10.3. The Labute approximate surface area is 180 Å². The Bertz CT molecular complexity index is 909. The maximum atomic E-state index is 12.5. The Morgan fingerprint density at radius 1 is 1.07 bits per heavy atom. The van der Waals surface area contributed by atoms with Gasteiger partial charge in [0.2, 0.25) is 15.9 Å². The number of rotatable bonds is 11. The first-order chi connectivity index (χ1) is 14.3. The highest BCUT2D eigenvalue weighted by molar-refractivity contribution is 7.92. The molecule has 164 valence electrons. The lowest BCUT2D eigenvalue weighted by Gasteiger charge is -2.23. The van der Waals surface area contributed by atoms with Gasteiger partial charge in [-0.05, 0) is 54.7 Å². The molecule has 0 spiro atoms. The van der Waals surface area contributed by atoms with Crippen molar-refractivity contribution >= 4 is 21.6 Å². The molecule has 0 radical (unpaired) electrons. The van der Waals surface area contributed by atoms with Crippen LogP contribution in [0.3, 0.4) is 0 Å². The molecule has 1 atom stereocenters. The minimum atomic E-state index is -3.42. The van der Waals surface area contributed by atoms with Crippen molar-refractivity contribution in [3.05, 3.63) is 59.7 Å². The third-order valence-corrected chi connectivity index (χ3v) is 6.25. The monoisotopic (exact) mass is 432 g/mol. The minimum absolute atomic E-state index is 0.0870. The van der Waals surface area contributed by atoms with Crippen LogP contribution < -0.4 is 14.4 Å². The molecule has 0 aromatic heterocycles. The highest BCUT2D eigenvalue weighted by Gasteiger charge is 2.18. The number of carbonyl (C=O) groups is 1. The van der Waals surface area contributed by atoms with Gasteiger partial charge in [0.1, 0.15) is 5.75 Å². The van der Waals surface area contributed by atoms with Crippen LogP contribution in [-0.4, -0.2) is 34.2 Å². The van der Waals surface area contributed by atoms with Gasteiger partial charge in [0.15, 0.2) is 0 Å². The maximum absolute atomic E-state index is 12.5. The summed E-state index contributed by atoms with van der Waals surface area (Å²) in [7, 11) is -1.81. The largest absolute Gasteiger partial charge is 0.497 e. The van der Waals surface area contributed by atoms with Crippen LogP contribution in [0.15, 0.2) is 48.5 Å². The van der Waals surface area contributed by atoms with Crippen LogP contribution in [0.1, 0.15) is 50.3 Å². The molecule has 0 unspecified atom stereocenters. The molecule has 2 aromatic carbocycles. The second kappa shape index (κ2) is 11.0. The zero-order valence-electron chi connectivity index (χ0n) is 18.2. The van der Waals surface area contributed by atoms with Crippen LogP contribution in [0, 0.1) is 0 Å². The van der Waals surface area contributed by atoms with Crippen molar-refractivity contribution in [3.8, 4) is 5.75 Å². The summed E-state index contributed by atoms with van der Waals surface area (Å²) >= 11 is 0. The van der Waals surface area contributed by atoms with E-state index in [2.05, 4.69) is 12.2 Å². The van der Waals surface area contributed by atoms with E-state index >= 15 is 0 Å². The molecular weight excluding hydrogens is 400 g/mol. The van der Waals surface area contributed by atoms with Crippen molar-refractivity contribution in [1.29, 1.82) is 0 Å². The number of amides is 1. The van der Waals surface area contributed by atoms with Gasteiger partial charge in [-0.15, -0.1) is 0 Å². The van der Waals surface area contributed by atoms with Crippen molar-refractivity contribution in [2.45, 2.75) is 45.6 Å². The van der Waals surface area contributed by atoms with E-state index in [1.165, 1.54) is 10.6 Å². The number of carbonyl (C=O) groups excluding carboxylic acids is 1. The predicted molar refractivity (Wildman–Crippen MR) is 121 cm³/mol. The summed E-state index contributed by atoms with van der Waals surface area (Å²) in [4.78, 5) is 12.5. The van der Waals surface area contributed by atoms with Gasteiger partial charge in [-0.1, -0.05) is 38.1 Å². The van der Waals surface area contributed by atoms with Gasteiger partial charge in [0, 0.05) is 13.0 Å². The number of methoxy groups -OCH3 is 1. The molecule has 0 bridgehead atoms. The Kier molecular flexibility index (Phi) is 8.72. The van der Waals surface area contributed by atoms with Gasteiger partial charge in [-0.3, -0.25) is 9.10 Å². The molecule has 0 heterocycles. The van der Waals surface area contributed by atoms with E-state index in [4.69, 9.17) is 4.74 Å². The lowest BCUT2D eigenvalue weighted by molar-refractivity contribution is -0.121. The van der Waals surface area contributed by atoms with Crippen LogP contribution in [0.25, 0.3) is 0 Å². The predicted octanol–water partition coefficient (Wildman–Crippen LogP) is 4.07. The van der Waals surface area contributed by atoms with E-state index in [1.807, 2.05) is 55.5 Å². The smallest absolute Gasteiger partial charge is 0.232 e. The van der Waals surface area contributed by atoms with E-state index in [9.17, 15) is 13.2 Å². The van der Waals surface area contributed by atoms with Crippen molar-refractivity contribution in [2.24, 2.45) is 0 Å². The zero-order valence-corrected chi connectivity index (χ0v) is 19.0. The van der Waals surface area contributed by atoms with Gasteiger partial charge in [0.05, 0.1) is 25.1 Å². The molecule has 0 fully saturated rings. The fourth-order valence-corrected chi connectivity index (χ4v) is 4.26. The van der Waals surface area contributed by atoms with Gasteiger partial charge in [-0.2, -0.15) is 0 Å². The second-order valence-electron chi connectivity index (χ2n) is 7.26. The van der Waals surface area contributed by atoms with Crippen molar-refractivity contribution < 1.29 is 17.9 Å². The van der Waals surface area contributed by atoms with Gasteiger partial charge in [-0.25, -0.2) is 8.42 Å². The molecule has 2 rings (SSSR count). The lowest BCUT2D eigenvalue weighted by atomic mass is 10.0. The van der Waals surface area contributed by atoms with Crippen molar-refractivity contribution in [3.63, 3.8) is 0 Å². The molecule has 0 saturated carbocycles. The van der Waals surface area contributed by atoms with E-state index in [1.54, 1.807) is 7.11 Å². The van der Waals surface area contributed by atoms with E-state index in [0.29, 0.717) is 12.1 Å². The minimum Gasteiger partial charge on any atom is -0.497 e. The molecular formula is C23H32N2O4S. The number of nitrogens with zero attached hydrogens (tertiary/aromatic N) is 1. The molecule has 30 heavy (non-hydrogen) atoms. The fraction of sp³-hybridized carbons (Fsp3) is 0.435. The summed E-state index contributed by atoms with van der Waals surface area (Å²) in [6.45, 7) is 4.33. The van der Waals surface area contributed by atoms with Crippen molar-refractivity contribution in [2.75, 3.05) is 24.2 Å². The molecule has 1 N–H and O–H groups in total. The van der Waals surface area contributed by atoms with Crippen LogP contribution in [0.5, 0.6) is 5.75 Å². The number of anilines is 1. The summed E-state index contributed by atoms with van der Waals surface area (Å²) in [6, 6.07) is 15.0. The van der Waals surface area contributed by atoms with Crippen LogP contribution >= 0.6 is 0 Å². The molecule has 7 heteroatoms. The molecule has 0 aliphatic rings. The standard InChI is InChI=1S/C23H32N2O4S/c1-5-18-9-13-20(14-10-18)25(30(4,27)28)17-7-8-23(26)24-22(6-2)19-11-15-21(29-3)16-12-19/h9-16,22H,5-8,17H2,1-4H3,(H,24,26)/t22-/m0/s1. The average Bonchev–Trinajstić information content (AvgIpc) is 2.74. The molecule has 0 aliphatic heterocycles. The Morgan fingerprint density at radius 2 is 1.70 bits per heavy atom. The van der Waals surface area contributed by atoms with Crippen molar-refractivity contribution in [1.82, 2.24) is 5.32 Å². The third-order valence-electron chi connectivity index (χ3n) is 5.06. The van der Waals surface area contributed by atoms with Crippen LogP contribution in [0.2, 0.25) is 0 Å². The van der Waals surface area contributed by atoms with Gasteiger partial charge < -0.3 is 10.1 Å². The molecule has 1 amide bonds. The molecule has 0 saturated heterocycles. The first-order valence-corrected chi connectivity index (χ1v) is 12.1. The zero-order chi connectivity index (χ0) is 22.1. The molecule has 2 aromatic rings. The van der Waals surface area contributed by atoms with Gasteiger partial charge in [0.25, 0.3) is 0 Å². The number of sulfonamides is 1. The molecule has 6 nitrogen and oxygen atoms in total. The normalized spacial score (nSPS) is 12.3. The highest BCUT2D eigenvalue weighted by atomic mass is 32.2. The number of hydrogen-bond donors (Lipinski definition) is 1. The van der Waals surface area contributed by atoms with Gasteiger partial charge >= 0.3 is 0 Å². The fourth-order valence-electron chi connectivity index (χ4n) is 3.29. The van der Waals surface area contributed by atoms with E-state index < -0.39 is 10.0 Å². The lowest BCUT2D eigenvalue weighted by Crippen LogP contribution is -2.33. The average molecular weight is 433 g/mol. The number of hydrogen-bond acceptors (Lipinski definition) is 4. The summed E-state index contributed by atoms with van der Waals surface area (Å²) in [5.41, 5.74) is 2.79. The number of nitrogens with one attached hydrogen (secondary N) is 1. The van der Waals surface area contributed by atoms with E-state index in [-0.39, 0.29) is 24.9 Å². The Morgan fingerprint density at radius 3 is 2.20 bits per heavy atom. The van der Waals surface area contributed by atoms with Crippen LogP contribution in [0.4, 0.5) is 5.69 Å². The summed E-state index contributed by atoms with van der Waals surface area (Å²) < 4.78 is 31.0. The second-order valence-corrected chi connectivity index (χ2v) is 9.17. The Balaban J connectivity index is 1.95. The summed E-state index contributed by atoms with van der Waals surface area (Å²) in [6.07, 6.45) is 3.54. The number of ether oxygens (including phenoxy) is 1. The third kappa shape index (κ3) is 6.76. The molecule has 0 aliphatic carbocycles. The summed E-state index contributed by atoms with van der Waals surface area (Å²) in [5, 5.41) is 3.04. The topological polar surface area (TPSA) is 75.7 Å².